The lowest BCUT2D eigenvalue weighted by atomic mass is 10.1. The van der Waals surface area contributed by atoms with Gasteiger partial charge in [0.05, 0.1) is 11.3 Å². The van der Waals surface area contributed by atoms with E-state index in [0.717, 1.165) is 0 Å². The standard InChI is InChI=1S/C19H17NO6S/c1-11-14(21)5-4-13-12(9-17(23)26-18(11)13)10-25-16(22)6-7-20-19(24)15-3-2-8-27-15/h2-5,8-9,21H,6-7,10H2,1H3,(H,20,24). The number of amides is 1. The molecule has 2 aromatic heterocycles. The number of phenolic OH excluding ortho intramolecular Hbond substituents is 1. The van der Waals surface area contributed by atoms with Crippen LogP contribution in [-0.4, -0.2) is 23.5 Å². The maximum Gasteiger partial charge on any atom is 0.336 e. The van der Waals surface area contributed by atoms with Crippen LogP contribution < -0.4 is 10.9 Å². The summed E-state index contributed by atoms with van der Waals surface area (Å²) < 4.78 is 10.3. The number of carbonyl (C=O) groups is 2. The van der Waals surface area contributed by atoms with Crippen molar-refractivity contribution in [2.45, 2.75) is 20.0 Å². The van der Waals surface area contributed by atoms with E-state index in [-0.39, 0.29) is 36.8 Å². The molecule has 0 saturated carbocycles. The predicted octanol–water partition coefficient (Wildman–Crippen LogP) is 2.73. The van der Waals surface area contributed by atoms with E-state index in [1.54, 1.807) is 30.5 Å². The average molecular weight is 387 g/mol. The van der Waals surface area contributed by atoms with Gasteiger partial charge in [-0.25, -0.2) is 4.79 Å². The number of esters is 1. The summed E-state index contributed by atoms with van der Waals surface area (Å²) in [4.78, 5) is 36.0. The van der Waals surface area contributed by atoms with Crippen molar-refractivity contribution >= 4 is 34.2 Å². The maximum absolute atomic E-state index is 11.9. The Kier molecular flexibility index (Phi) is 5.56. The molecule has 3 rings (SSSR count). The van der Waals surface area contributed by atoms with E-state index in [1.807, 2.05) is 0 Å². The first-order chi connectivity index (χ1) is 13.0. The van der Waals surface area contributed by atoms with E-state index in [4.69, 9.17) is 9.15 Å². The van der Waals surface area contributed by atoms with Crippen molar-refractivity contribution in [3.05, 3.63) is 62.1 Å². The molecular formula is C19H17NO6S. The Morgan fingerprint density at radius 2 is 2.11 bits per heavy atom. The zero-order valence-corrected chi connectivity index (χ0v) is 15.3. The summed E-state index contributed by atoms with van der Waals surface area (Å²) in [7, 11) is 0. The first-order valence-electron chi connectivity index (χ1n) is 8.18. The Bertz CT molecular complexity index is 1040. The lowest BCUT2D eigenvalue weighted by molar-refractivity contribution is -0.144. The molecule has 1 amide bonds. The summed E-state index contributed by atoms with van der Waals surface area (Å²) in [6.07, 6.45) is 0.0102. The fourth-order valence-electron chi connectivity index (χ4n) is 2.54. The molecule has 3 aromatic rings. The van der Waals surface area contributed by atoms with Crippen LogP contribution in [0.4, 0.5) is 0 Å². The third-order valence-electron chi connectivity index (χ3n) is 3.97. The number of rotatable bonds is 6. The average Bonchev–Trinajstić information content (AvgIpc) is 3.18. The maximum atomic E-state index is 11.9. The van der Waals surface area contributed by atoms with E-state index in [0.29, 0.717) is 21.4 Å². The van der Waals surface area contributed by atoms with Gasteiger partial charge in [0, 0.05) is 29.1 Å². The van der Waals surface area contributed by atoms with E-state index in [1.165, 1.54) is 23.5 Å². The fourth-order valence-corrected chi connectivity index (χ4v) is 3.18. The van der Waals surface area contributed by atoms with Crippen LogP contribution >= 0.6 is 11.3 Å². The van der Waals surface area contributed by atoms with E-state index in [9.17, 15) is 19.5 Å². The molecule has 140 valence electrons. The van der Waals surface area contributed by atoms with Gasteiger partial charge in [-0.1, -0.05) is 6.07 Å². The van der Waals surface area contributed by atoms with Crippen LogP contribution in [0.3, 0.4) is 0 Å². The molecule has 7 nitrogen and oxygen atoms in total. The van der Waals surface area contributed by atoms with Crippen LogP contribution in [0.2, 0.25) is 0 Å². The van der Waals surface area contributed by atoms with Crippen molar-refractivity contribution < 1.29 is 23.8 Å². The van der Waals surface area contributed by atoms with Gasteiger partial charge in [0.25, 0.3) is 5.91 Å². The monoisotopic (exact) mass is 387 g/mol. The zero-order valence-electron chi connectivity index (χ0n) is 14.5. The molecule has 0 unspecified atom stereocenters. The molecule has 0 saturated heterocycles. The summed E-state index contributed by atoms with van der Waals surface area (Å²) in [5.74, 6) is -0.723. The summed E-state index contributed by atoms with van der Waals surface area (Å²) in [5.41, 5.74) is 0.594. The smallest absolute Gasteiger partial charge is 0.336 e. The number of carbonyl (C=O) groups excluding carboxylic acids is 2. The normalized spacial score (nSPS) is 10.7. The molecule has 8 heteroatoms. The summed E-state index contributed by atoms with van der Waals surface area (Å²) in [5, 5.41) is 14.8. The highest BCUT2D eigenvalue weighted by Gasteiger charge is 2.13. The molecule has 1 aromatic carbocycles. The minimum Gasteiger partial charge on any atom is -0.508 e. The topological polar surface area (TPSA) is 106 Å². The number of benzene rings is 1. The quantitative estimate of drug-likeness (QED) is 0.498. The van der Waals surface area contributed by atoms with Gasteiger partial charge in [-0.15, -0.1) is 11.3 Å². The highest BCUT2D eigenvalue weighted by molar-refractivity contribution is 7.12. The third-order valence-corrected chi connectivity index (χ3v) is 4.83. The third kappa shape index (κ3) is 4.35. The van der Waals surface area contributed by atoms with E-state index >= 15 is 0 Å². The lowest BCUT2D eigenvalue weighted by Gasteiger charge is -2.09. The van der Waals surface area contributed by atoms with Crippen molar-refractivity contribution in [2.24, 2.45) is 0 Å². The van der Waals surface area contributed by atoms with Crippen LogP contribution in [0.25, 0.3) is 11.0 Å². The second-order valence-corrected chi connectivity index (χ2v) is 6.77. The van der Waals surface area contributed by atoms with Gasteiger partial charge in [0.15, 0.2) is 0 Å². The van der Waals surface area contributed by atoms with Gasteiger partial charge in [-0.05, 0) is 30.5 Å². The number of fused-ring (bicyclic) bond motifs is 1. The number of aromatic hydroxyl groups is 1. The first kappa shape index (κ1) is 18.7. The number of hydrogen-bond acceptors (Lipinski definition) is 7. The largest absolute Gasteiger partial charge is 0.508 e. The van der Waals surface area contributed by atoms with Crippen LogP contribution in [0.5, 0.6) is 5.75 Å². The van der Waals surface area contributed by atoms with Crippen molar-refractivity contribution in [1.82, 2.24) is 5.32 Å². The number of aryl methyl sites for hydroxylation is 1. The fraction of sp³-hybridized carbons (Fsp3) is 0.211. The van der Waals surface area contributed by atoms with Gasteiger partial charge in [-0.2, -0.15) is 0 Å². The zero-order chi connectivity index (χ0) is 19.4. The van der Waals surface area contributed by atoms with Crippen LogP contribution in [0, 0.1) is 6.92 Å². The first-order valence-corrected chi connectivity index (χ1v) is 9.06. The Hall–Kier alpha value is -3.13. The van der Waals surface area contributed by atoms with Crippen molar-refractivity contribution in [1.29, 1.82) is 0 Å². The van der Waals surface area contributed by atoms with Crippen molar-refractivity contribution in [3.8, 4) is 5.75 Å². The minimum absolute atomic E-state index is 0.0102. The molecule has 0 aliphatic carbocycles. The molecule has 0 atom stereocenters. The summed E-state index contributed by atoms with van der Waals surface area (Å²) in [6.45, 7) is 1.68. The SMILES string of the molecule is Cc1c(O)ccc2c(COC(=O)CCNC(=O)c3cccs3)cc(=O)oc12. The molecule has 0 radical (unpaired) electrons. The highest BCUT2D eigenvalue weighted by atomic mass is 32.1. The summed E-state index contributed by atoms with van der Waals surface area (Å²) in [6, 6.07) is 7.82. The molecule has 0 spiro atoms. The van der Waals surface area contributed by atoms with E-state index < -0.39 is 11.6 Å². The van der Waals surface area contributed by atoms with Crippen LogP contribution in [0.1, 0.15) is 27.2 Å². The number of phenols is 1. The summed E-state index contributed by atoms with van der Waals surface area (Å²) >= 11 is 1.32. The van der Waals surface area contributed by atoms with Gasteiger partial charge in [0.2, 0.25) is 0 Å². The van der Waals surface area contributed by atoms with Crippen molar-refractivity contribution in [2.75, 3.05) is 6.54 Å². The van der Waals surface area contributed by atoms with Crippen LogP contribution in [0.15, 0.2) is 44.9 Å². The molecule has 0 aliphatic rings. The number of thiophene rings is 1. The van der Waals surface area contributed by atoms with Gasteiger partial charge < -0.3 is 19.6 Å². The Labute approximate surface area is 158 Å². The second-order valence-electron chi connectivity index (χ2n) is 5.82. The second kappa shape index (κ2) is 8.05. The number of ether oxygens (including phenoxy) is 1. The molecule has 0 bridgehead atoms. The van der Waals surface area contributed by atoms with E-state index in [2.05, 4.69) is 5.32 Å². The van der Waals surface area contributed by atoms with Crippen LogP contribution in [-0.2, 0) is 16.1 Å². The molecule has 0 aliphatic heterocycles. The number of nitrogens with one attached hydrogen (secondary N) is 1. The minimum atomic E-state index is -0.592. The molecule has 27 heavy (non-hydrogen) atoms. The van der Waals surface area contributed by atoms with Gasteiger partial charge in [0.1, 0.15) is 17.9 Å². The molecule has 2 N–H and O–H groups in total. The molecular weight excluding hydrogens is 370 g/mol. The van der Waals surface area contributed by atoms with Gasteiger partial charge >= 0.3 is 11.6 Å². The predicted molar refractivity (Wildman–Crippen MR) is 100.0 cm³/mol. The Morgan fingerprint density at radius 1 is 1.30 bits per heavy atom. The Morgan fingerprint density at radius 3 is 2.85 bits per heavy atom. The van der Waals surface area contributed by atoms with Gasteiger partial charge in [-0.3, -0.25) is 9.59 Å². The Balaban J connectivity index is 1.60. The molecule has 2 heterocycles. The van der Waals surface area contributed by atoms with Crippen molar-refractivity contribution in [3.63, 3.8) is 0 Å². The molecule has 0 fully saturated rings. The number of hydrogen-bond donors (Lipinski definition) is 2. The highest BCUT2D eigenvalue weighted by Crippen LogP contribution is 2.27. The lowest BCUT2D eigenvalue weighted by Crippen LogP contribution is -2.25.